The van der Waals surface area contributed by atoms with Gasteiger partial charge >= 0.3 is 0 Å². The Morgan fingerprint density at radius 3 is 2.70 bits per heavy atom. The summed E-state index contributed by atoms with van der Waals surface area (Å²) in [6, 6.07) is 18.3. The van der Waals surface area contributed by atoms with Crippen molar-refractivity contribution in [2.24, 2.45) is 0 Å². The number of rotatable bonds is 6. The molecule has 5 nitrogen and oxygen atoms in total. The number of aromatic nitrogens is 3. The summed E-state index contributed by atoms with van der Waals surface area (Å²) in [5, 5.41) is 0.521. The molecule has 3 aromatic heterocycles. The summed E-state index contributed by atoms with van der Waals surface area (Å²) in [5.41, 5.74) is 4.82. The lowest BCUT2D eigenvalue weighted by molar-refractivity contribution is 0.243. The van der Waals surface area contributed by atoms with E-state index >= 15 is 0 Å². The molecule has 6 heteroatoms. The van der Waals surface area contributed by atoms with Crippen LogP contribution in [-0.4, -0.2) is 25.3 Å². The van der Waals surface area contributed by atoms with Gasteiger partial charge in [0, 0.05) is 43.8 Å². The smallest absolute Gasteiger partial charge is 0.258 e. The molecule has 4 aromatic rings. The van der Waals surface area contributed by atoms with E-state index in [4.69, 9.17) is 11.6 Å². The van der Waals surface area contributed by atoms with Crippen LogP contribution in [0.5, 0.6) is 0 Å². The summed E-state index contributed by atoms with van der Waals surface area (Å²) in [4.78, 5) is 23.8. The fourth-order valence-corrected chi connectivity index (χ4v) is 3.95. The van der Waals surface area contributed by atoms with Gasteiger partial charge in [-0.3, -0.25) is 19.1 Å². The van der Waals surface area contributed by atoms with Gasteiger partial charge in [-0.15, -0.1) is 0 Å². The second kappa shape index (κ2) is 8.01. The third kappa shape index (κ3) is 4.13. The molecule has 30 heavy (non-hydrogen) atoms. The Balaban J connectivity index is 1.40. The lowest BCUT2D eigenvalue weighted by Crippen LogP contribution is -2.27. The molecule has 0 aliphatic heterocycles. The monoisotopic (exact) mass is 416 g/mol. The number of nitrogens with zero attached hydrogens (tertiary/aromatic N) is 4. The first kappa shape index (κ1) is 19.0. The second-order valence-corrected chi connectivity index (χ2v) is 8.18. The number of hydrogen-bond acceptors (Lipinski definition) is 4. The molecule has 0 spiro atoms. The van der Waals surface area contributed by atoms with Gasteiger partial charge in [0.1, 0.15) is 5.65 Å². The summed E-state index contributed by atoms with van der Waals surface area (Å²) in [6.07, 6.45) is 7.65. The van der Waals surface area contributed by atoms with Gasteiger partial charge in [-0.1, -0.05) is 35.9 Å². The lowest BCUT2D eigenvalue weighted by atomic mass is 10.0. The number of halogens is 1. The molecular weight excluding hydrogens is 396 g/mol. The van der Waals surface area contributed by atoms with Crippen LogP contribution >= 0.6 is 11.6 Å². The number of fused-ring (bicyclic) bond motifs is 1. The van der Waals surface area contributed by atoms with Crippen LogP contribution in [0.1, 0.15) is 24.1 Å². The molecule has 0 atom stereocenters. The molecule has 150 valence electrons. The minimum absolute atomic E-state index is 0.105. The highest BCUT2D eigenvalue weighted by Crippen LogP contribution is 2.30. The van der Waals surface area contributed by atoms with Gasteiger partial charge in [-0.2, -0.15) is 0 Å². The molecular formula is C24H21ClN4O. The standard InChI is InChI=1S/C24H21ClN4O/c25-20-6-9-23-27-21(12-24(30)29(23)15-20)16-28(22-7-8-22)14-17-3-1-4-18(11-17)19-5-2-10-26-13-19/h1-6,9-13,15,22H,7-8,14,16H2. The second-order valence-electron chi connectivity index (χ2n) is 7.74. The lowest BCUT2D eigenvalue weighted by Gasteiger charge is -2.22. The zero-order valence-electron chi connectivity index (χ0n) is 16.4. The van der Waals surface area contributed by atoms with E-state index in [2.05, 4.69) is 45.2 Å². The normalized spacial score (nSPS) is 13.8. The summed E-state index contributed by atoms with van der Waals surface area (Å²) in [6.45, 7) is 1.47. The van der Waals surface area contributed by atoms with E-state index in [1.165, 1.54) is 22.8 Å². The topological polar surface area (TPSA) is 50.5 Å². The van der Waals surface area contributed by atoms with Crippen molar-refractivity contribution in [3.05, 3.63) is 99.8 Å². The van der Waals surface area contributed by atoms with Crippen LogP contribution < -0.4 is 5.56 Å². The van der Waals surface area contributed by atoms with E-state index in [1.54, 1.807) is 30.6 Å². The van der Waals surface area contributed by atoms with Gasteiger partial charge in [0.15, 0.2) is 0 Å². The molecule has 1 aliphatic rings. The molecule has 0 unspecified atom stereocenters. The average molecular weight is 417 g/mol. The maximum atomic E-state index is 12.5. The van der Waals surface area contributed by atoms with Gasteiger partial charge in [0.25, 0.3) is 5.56 Å². The predicted octanol–water partition coefficient (Wildman–Crippen LogP) is 4.57. The number of hydrogen-bond donors (Lipinski definition) is 0. The van der Waals surface area contributed by atoms with Crippen molar-refractivity contribution in [1.29, 1.82) is 0 Å². The van der Waals surface area contributed by atoms with Crippen LogP contribution in [0.4, 0.5) is 0 Å². The Labute approximate surface area is 179 Å². The van der Waals surface area contributed by atoms with E-state index in [-0.39, 0.29) is 5.56 Å². The van der Waals surface area contributed by atoms with Crippen LogP contribution in [0.25, 0.3) is 16.8 Å². The van der Waals surface area contributed by atoms with Crippen LogP contribution in [-0.2, 0) is 13.1 Å². The van der Waals surface area contributed by atoms with E-state index in [9.17, 15) is 4.79 Å². The minimum atomic E-state index is -0.105. The van der Waals surface area contributed by atoms with Crippen LogP contribution in [0.2, 0.25) is 5.02 Å². The SMILES string of the molecule is O=c1cc(CN(Cc2cccc(-c3cccnc3)c2)C2CC2)nc2ccc(Cl)cn12. The fraction of sp³-hybridized carbons (Fsp3) is 0.208. The highest BCUT2D eigenvalue weighted by Gasteiger charge is 2.29. The molecule has 0 radical (unpaired) electrons. The van der Waals surface area contributed by atoms with Crippen LogP contribution in [0, 0.1) is 0 Å². The van der Waals surface area contributed by atoms with Gasteiger partial charge in [-0.25, -0.2) is 4.98 Å². The first-order chi connectivity index (χ1) is 14.7. The summed E-state index contributed by atoms with van der Waals surface area (Å²) in [7, 11) is 0. The largest absolute Gasteiger partial charge is 0.290 e. The van der Waals surface area contributed by atoms with Crippen molar-refractivity contribution < 1.29 is 0 Å². The highest BCUT2D eigenvalue weighted by atomic mass is 35.5. The van der Waals surface area contributed by atoms with Gasteiger partial charge in [0.2, 0.25) is 0 Å². The molecule has 1 aromatic carbocycles. The molecule has 0 amide bonds. The Bertz CT molecular complexity index is 1250. The molecule has 0 N–H and O–H groups in total. The molecule has 3 heterocycles. The highest BCUT2D eigenvalue weighted by molar-refractivity contribution is 6.30. The Hall–Kier alpha value is -3.02. The van der Waals surface area contributed by atoms with Crippen molar-refractivity contribution in [1.82, 2.24) is 19.3 Å². The van der Waals surface area contributed by atoms with E-state index in [0.717, 1.165) is 23.4 Å². The van der Waals surface area contributed by atoms with Crippen molar-refractivity contribution in [3.63, 3.8) is 0 Å². The fourth-order valence-electron chi connectivity index (χ4n) is 3.79. The molecule has 0 saturated heterocycles. The maximum Gasteiger partial charge on any atom is 0.258 e. The minimum Gasteiger partial charge on any atom is -0.290 e. The number of pyridine rings is 2. The molecule has 1 aliphatic carbocycles. The van der Waals surface area contributed by atoms with E-state index in [0.29, 0.717) is 23.3 Å². The number of benzene rings is 1. The van der Waals surface area contributed by atoms with Crippen molar-refractivity contribution in [2.75, 3.05) is 0 Å². The van der Waals surface area contributed by atoms with Crippen molar-refractivity contribution in [3.8, 4) is 11.1 Å². The summed E-state index contributed by atoms with van der Waals surface area (Å²) in [5.74, 6) is 0. The third-order valence-corrected chi connectivity index (χ3v) is 5.64. The zero-order chi connectivity index (χ0) is 20.5. The molecule has 1 fully saturated rings. The van der Waals surface area contributed by atoms with Crippen molar-refractivity contribution in [2.45, 2.75) is 32.0 Å². The van der Waals surface area contributed by atoms with Gasteiger partial charge in [-0.05, 0) is 53.8 Å². The van der Waals surface area contributed by atoms with Crippen LogP contribution in [0.15, 0.2) is 78.0 Å². The Morgan fingerprint density at radius 1 is 1.03 bits per heavy atom. The van der Waals surface area contributed by atoms with Gasteiger partial charge < -0.3 is 0 Å². The Kier molecular flexibility index (Phi) is 5.07. The summed E-state index contributed by atoms with van der Waals surface area (Å²) >= 11 is 6.01. The first-order valence-corrected chi connectivity index (χ1v) is 10.4. The molecule has 0 bridgehead atoms. The van der Waals surface area contributed by atoms with E-state index in [1.807, 2.05) is 12.3 Å². The maximum absolute atomic E-state index is 12.5. The quantitative estimate of drug-likeness (QED) is 0.462. The predicted molar refractivity (Wildman–Crippen MR) is 118 cm³/mol. The zero-order valence-corrected chi connectivity index (χ0v) is 17.2. The van der Waals surface area contributed by atoms with Crippen LogP contribution in [0.3, 0.4) is 0 Å². The Morgan fingerprint density at radius 2 is 1.90 bits per heavy atom. The summed E-state index contributed by atoms with van der Waals surface area (Å²) < 4.78 is 1.49. The molecule has 5 rings (SSSR count). The van der Waals surface area contributed by atoms with Crippen molar-refractivity contribution >= 4 is 17.2 Å². The first-order valence-electron chi connectivity index (χ1n) is 10.1. The van der Waals surface area contributed by atoms with E-state index < -0.39 is 0 Å². The third-order valence-electron chi connectivity index (χ3n) is 5.41. The molecule has 1 saturated carbocycles. The average Bonchev–Trinajstić information content (AvgIpc) is 3.60. The van der Waals surface area contributed by atoms with Gasteiger partial charge in [0.05, 0.1) is 10.7 Å².